The van der Waals surface area contributed by atoms with Crippen LogP contribution in [-0.4, -0.2) is 40.8 Å². The Bertz CT molecular complexity index is 1060. The van der Waals surface area contributed by atoms with Gasteiger partial charge in [0.2, 0.25) is 17.6 Å². The van der Waals surface area contributed by atoms with Gasteiger partial charge in [-0.3, -0.25) is 14.4 Å². The molecule has 0 spiro atoms. The van der Waals surface area contributed by atoms with Crippen LogP contribution in [-0.2, 0) is 14.4 Å². The molecule has 1 aromatic heterocycles. The lowest BCUT2D eigenvalue weighted by molar-refractivity contribution is -0.142. The Morgan fingerprint density at radius 1 is 1.18 bits per heavy atom. The van der Waals surface area contributed by atoms with E-state index in [4.69, 9.17) is 33.7 Å². The molecule has 1 fully saturated rings. The van der Waals surface area contributed by atoms with Crippen molar-refractivity contribution >= 4 is 58.1 Å². The standard InChI is InChI=1S/C22H22Cl2N2O6S/c23-18-13(20(28)16-2-1-9-33-16)5-7-15(19(18)24)32-12-4-3-11(10-12)21(29)26-14(22(30)31)6-8-17(25)27/h1-2,5,7,9,11-12,14H,3-4,6,8,10H2,(H2,25,27)(H,26,29)(H,30,31)/t11-,12-,14-/m0/s1. The Morgan fingerprint density at radius 2 is 1.94 bits per heavy atom. The molecule has 176 valence electrons. The van der Waals surface area contributed by atoms with E-state index in [-0.39, 0.29) is 40.3 Å². The minimum absolute atomic E-state index is 0.0757. The normalized spacial score (nSPS) is 18.5. The Labute approximate surface area is 204 Å². The van der Waals surface area contributed by atoms with Crippen LogP contribution in [0.1, 0.15) is 47.3 Å². The van der Waals surface area contributed by atoms with Crippen LogP contribution in [0.3, 0.4) is 0 Å². The molecule has 1 aliphatic rings. The van der Waals surface area contributed by atoms with Crippen molar-refractivity contribution < 1.29 is 29.0 Å². The first-order chi connectivity index (χ1) is 15.7. The lowest BCUT2D eigenvalue weighted by atomic mass is 10.1. The number of ether oxygens (including phenoxy) is 1. The third-order valence-corrected chi connectivity index (χ3v) is 7.11. The zero-order valence-corrected chi connectivity index (χ0v) is 19.7. The summed E-state index contributed by atoms with van der Waals surface area (Å²) in [6.45, 7) is 0. The van der Waals surface area contributed by atoms with E-state index in [1.807, 2.05) is 0 Å². The second-order valence-corrected chi connectivity index (χ2v) is 9.40. The quantitative estimate of drug-likeness (QED) is 0.415. The molecule has 0 unspecified atom stereocenters. The van der Waals surface area contributed by atoms with Gasteiger partial charge in [-0.05, 0) is 49.3 Å². The van der Waals surface area contributed by atoms with E-state index in [1.54, 1.807) is 29.6 Å². The summed E-state index contributed by atoms with van der Waals surface area (Å²) in [7, 11) is 0. The number of benzene rings is 1. The van der Waals surface area contributed by atoms with E-state index in [2.05, 4.69) is 5.32 Å². The maximum Gasteiger partial charge on any atom is 0.326 e. The minimum Gasteiger partial charge on any atom is -0.489 e. The number of aliphatic carboxylic acids is 1. The first kappa shape index (κ1) is 25.0. The smallest absolute Gasteiger partial charge is 0.326 e. The summed E-state index contributed by atoms with van der Waals surface area (Å²) in [5.74, 6) is -2.65. The third kappa shape index (κ3) is 6.25. The van der Waals surface area contributed by atoms with E-state index < -0.39 is 29.7 Å². The summed E-state index contributed by atoms with van der Waals surface area (Å²) in [5, 5.41) is 13.7. The van der Waals surface area contributed by atoms with Crippen LogP contribution in [0.25, 0.3) is 0 Å². The molecule has 2 aromatic rings. The van der Waals surface area contributed by atoms with Crippen LogP contribution in [0, 0.1) is 5.92 Å². The number of hydrogen-bond acceptors (Lipinski definition) is 6. The van der Waals surface area contributed by atoms with Crippen LogP contribution in [0.15, 0.2) is 29.6 Å². The van der Waals surface area contributed by atoms with E-state index in [1.165, 1.54) is 11.3 Å². The summed E-state index contributed by atoms with van der Waals surface area (Å²) in [6, 6.07) is 5.42. The number of halogens is 2. The van der Waals surface area contributed by atoms with Gasteiger partial charge < -0.3 is 20.9 Å². The molecule has 1 heterocycles. The molecule has 0 aliphatic heterocycles. The predicted molar refractivity (Wildman–Crippen MR) is 124 cm³/mol. The number of nitrogens with one attached hydrogen (secondary N) is 1. The van der Waals surface area contributed by atoms with E-state index in [0.29, 0.717) is 29.9 Å². The van der Waals surface area contributed by atoms with E-state index >= 15 is 0 Å². The average Bonchev–Trinajstić information content (AvgIpc) is 3.46. The van der Waals surface area contributed by atoms with Crippen LogP contribution in [0.5, 0.6) is 5.75 Å². The summed E-state index contributed by atoms with van der Waals surface area (Å²) in [6.07, 6.45) is 0.866. The fourth-order valence-electron chi connectivity index (χ4n) is 3.64. The van der Waals surface area contributed by atoms with Gasteiger partial charge in [0, 0.05) is 17.9 Å². The fraction of sp³-hybridized carbons (Fsp3) is 0.364. The number of carboxylic acids is 1. The van der Waals surface area contributed by atoms with Crippen LogP contribution in [0.2, 0.25) is 10.0 Å². The number of ketones is 1. The van der Waals surface area contributed by atoms with Gasteiger partial charge in [-0.15, -0.1) is 11.3 Å². The molecule has 0 saturated heterocycles. The highest BCUT2D eigenvalue weighted by Gasteiger charge is 2.34. The Kier molecular flexibility index (Phi) is 8.34. The Balaban J connectivity index is 1.61. The third-order valence-electron chi connectivity index (χ3n) is 5.38. The molecule has 3 atom stereocenters. The second kappa shape index (κ2) is 11.0. The SMILES string of the molecule is NC(=O)CC[C@H](NC(=O)[C@H]1CC[C@H](Oc2ccc(C(=O)c3cccs3)c(Cl)c2Cl)C1)C(=O)O. The number of carboxylic acid groups (broad SMARTS) is 1. The Hall–Kier alpha value is -2.62. The largest absolute Gasteiger partial charge is 0.489 e. The summed E-state index contributed by atoms with van der Waals surface area (Å²) < 4.78 is 5.94. The van der Waals surface area contributed by atoms with E-state index in [9.17, 15) is 24.3 Å². The molecular weight excluding hydrogens is 491 g/mol. The molecule has 0 radical (unpaired) electrons. The number of hydrogen-bond donors (Lipinski definition) is 3. The topological polar surface area (TPSA) is 136 Å². The number of thiophene rings is 1. The first-order valence-corrected chi connectivity index (χ1v) is 11.8. The van der Waals surface area contributed by atoms with Gasteiger partial charge in [0.15, 0.2) is 0 Å². The molecule has 0 bridgehead atoms. The van der Waals surface area contributed by atoms with Gasteiger partial charge in [0.05, 0.1) is 16.0 Å². The van der Waals surface area contributed by atoms with Crippen LogP contribution >= 0.6 is 34.5 Å². The van der Waals surface area contributed by atoms with Crippen molar-refractivity contribution in [1.82, 2.24) is 5.32 Å². The number of primary amides is 1. The molecule has 1 aliphatic carbocycles. The average molecular weight is 513 g/mol. The van der Waals surface area contributed by atoms with Crippen molar-refractivity contribution in [3.63, 3.8) is 0 Å². The van der Waals surface area contributed by atoms with Gasteiger partial charge in [-0.2, -0.15) is 0 Å². The molecule has 8 nitrogen and oxygen atoms in total. The van der Waals surface area contributed by atoms with Crippen LogP contribution < -0.4 is 15.8 Å². The molecule has 2 amide bonds. The molecule has 11 heteroatoms. The lowest BCUT2D eigenvalue weighted by Crippen LogP contribution is -2.43. The molecule has 1 aromatic carbocycles. The zero-order valence-electron chi connectivity index (χ0n) is 17.4. The van der Waals surface area contributed by atoms with Crippen molar-refractivity contribution in [2.75, 3.05) is 0 Å². The number of carbonyl (C=O) groups excluding carboxylic acids is 3. The van der Waals surface area contributed by atoms with Gasteiger partial charge in [-0.1, -0.05) is 29.3 Å². The van der Waals surface area contributed by atoms with Gasteiger partial charge >= 0.3 is 5.97 Å². The Morgan fingerprint density at radius 3 is 2.58 bits per heavy atom. The van der Waals surface area contributed by atoms with Crippen molar-refractivity contribution in [2.45, 2.75) is 44.2 Å². The molecule has 4 N–H and O–H groups in total. The number of nitrogens with two attached hydrogens (primary N) is 1. The van der Waals surface area contributed by atoms with Gasteiger partial charge in [-0.25, -0.2) is 4.79 Å². The monoisotopic (exact) mass is 512 g/mol. The maximum atomic E-state index is 12.6. The molecule has 33 heavy (non-hydrogen) atoms. The van der Waals surface area contributed by atoms with Crippen molar-refractivity contribution in [2.24, 2.45) is 11.7 Å². The maximum absolute atomic E-state index is 12.6. The van der Waals surface area contributed by atoms with Gasteiger partial charge in [0.25, 0.3) is 0 Å². The summed E-state index contributed by atoms with van der Waals surface area (Å²) >= 11 is 14.0. The number of amides is 2. The van der Waals surface area contributed by atoms with Crippen molar-refractivity contribution in [3.8, 4) is 5.75 Å². The highest BCUT2D eigenvalue weighted by atomic mass is 35.5. The highest BCUT2D eigenvalue weighted by molar-refractivity contribution is 7.12. The minimum atomic E-state index is -1.23. The van der Waals surface area contributed by atoms with Crippen LogP contribution in [0.4, 0.5) is 0 Å². The number of carbonyl (C=O) groups is 4. The van der Waals surface area contributed by atoms with E-state index in [0.717, 1.165) is 0 Å². The van der Waals surface area contributed by atoms with Gasteiger partial charge in [0.1, 0.15) is 16.8 Å². The number of rotatable bonds is 10. The molecular formula is C22H22Cl2N2O6S. The lowest BCUT2D eigenvalue weighted by Gasteiger charge is -2.18. The highest BCUT2D eigenvalue weighted by Crippen LogP contribution is 2.38. The summed E-state index contributed by atoms with van der Waals surface area (Å²) in [4.78, 5) is 47.9. The van der Waals surface area contributed by atoms with Crippen molar-refractivity contribution in [3.05, 3.63) is 50.1 Å². The summed E-state index contributed by atoms with van der Waals surface area (Å²) in [5.41, 5.74) is 5.33. The zero-order chi connectivity index (χ0) is 24.1. The predicted octanol–water partition coefficient (Wildman–Crippen LogP) is 3.67. The van der Waals surface area contributed by atoms with Crippen molar-refractivity contribution in [1.29, 1.82) is 0 Å². The molecule has 3 rings (SSSR count). The first-order valence-electron chi connectivity index (χ1n) is 10.2. The fourth-order valence-corrected chi connectivity index (χ4v) is 4.77. The molecule has 1 saturated carbocycles. The second-order valence-electron chi connectivity index (χ2n) is 7.70.